The summed E-state index contributed by atoms with van der Waals surface area (Å²) in [6.45, 7) is -0.479. The van der Waals surface area contributed by atoms with Crippen LogP contribution in [0.3, 0.4) is 0 Å². The van der Waals surface area contributed by atoms with Crippen molar-refractivity contribution in [2.24, 2.45) is 0 Å². The Hall–Kier alpha value is -0.400. The Morgan fingerprint density at radius 2 is 2.00 bits per heavy atom. The average Bonchev–Trinajstić information content (AvgIpc) is 2.13. The van der Waals surface area contributed by atoms with Crippen LogP contribution >= 0.6 is 22.6 Å². The Kier molecular flexibility index (Phi) is 3.89. The van der Waals surface area contributed by atoms with Gasteiger partial charge >= 0.3 is 0 Å². The van der Waals surface area contributed by atoms with Gasteiger partial charge in [0.15, 0.2) is 0 Å². The molecule has 1 aromatic heterocycles. The van der Waals surface area contributed by atoms with Crippen LogP contribution in [0.1, 0.15) is 6.04 Å². The van der Waals surface area contributed by atoms with E-state index >= 15 is 0 Å². The molecule has 0 spiro atoms. The summed E-state index contributed by atoms with van der Waals surface area (Å²) in [4.78, 5) is 11.3. The van der Waals surface area contributed by atoms with Crippen LogP contribution in [-0.2, 0) is 0 Å². The van der Waals surface area contributed by atoms with Crippen molar-refractivity contribution in [3.8, 4) is 0 Å². The fourth-order valence-electron chi connectivity index (χ4n) is 0.996. The van der Waals surface area contributed by atoms with E-state index in [1.807, 2.05) is 0 Å². The number of halogens is 1. The second-order valence-electron chi connectivity index (χ2n) is 2.61. The molecular weight excluding hydrogens is 285 g/mol. The Balaban J connectivity index is 3.11. The van der Waals surface area contributed by atoms with Crippen molar-refractivity contribution in [2.75, 3.05) is 13.2 Å². The van der Waals surface area contributed by atoms with Crippen LogP contribution in [0, 0.1) is 3.57 Å². The first-order valence-electron chi connectivity index (χ1n) is 3.78. The second kappa shape index (κ2) is 4.73. The number of hydrogen-bond donors (Lipinski definition) is 2. The first-order valence-corrected chi connectivity index (χ1v) is 4.86. The standard InChI is InChI=1S/C8H10INO3/c9-6-1-2-8(13)10(3-6)7(4-11)5-12/h1-3,7,11-12H,4-5H2. The molecule has 0 saturated heterocycles. The molecule has 0 unspecified atom stereocenters. The normalized spacial score (nSPS) is 10.8. The summed E-state index contributed by atoms with van der Waals surface area (Å²) in [5.41, 5.74) is -0.214. The van der Waals surface area contributed by atoms with Gasteiger partial charge in [0.05, 0.1) is 19.3 Å². The number of rotatable bonds is 3. The van der Waals surface area contributed by atoms with Crippen LogP contribution in [-0.4, -0.2) is 28.0 Å². The first kappa shape index (κ1) is 10.7. The first-order chi connectivity index (χ1) is 6.19. The molecule has 0 bridgehead atoms. The highest BCUT2D eigenvalue weighted by atomic mass is 127. The van der Waals surface area contributed by atoms with Gasteiger partial charge in [0, 0.05) is 15.8 Å². The van der Waals surface area contributed by atoms with Crippen LogP contribution in [0.25, 0.3) is 0 Å². The maximum atomic E-state index is 11.3. The SMILES string of the molecule is O=c1ccc(I)cn1C(CO)CO. The summed E-state index contributed by atoms with van der Waals surface area (Å²) in [6, 6.07) is 2.56. The number of aliphatic hydroxyl groups is 2. The zero-order chi connectivity index (χ0) is 9.84. The Morgan fingerprint density at radius 1 is 1.38 bits per heavy atom. The molecular formula is C8H10INO3. The topological polar surface area (TPSA) is 62.5 Å². The fourth-order valence-corrected chi connectivity index (χ4v) is 1.48. The summed E-state index contributed by atoms with van der Waals surface area (Å²) < 4.78 is 2.23. The van der Waals surface area contributed by atoms with Crippen molar-refractivity contribution < 1.29 is 10.2 Å². The van der Waals surface area contributed by atoms with Gasteiger partial charge in [-0.15, -0.1) is 0 Å². The molecule has 5 heteroatoms. The van der Waals surface area contributed by atoms with Gasteiger partial charge in [-0.1, -0.05) is 0 Å². The van der Waals surface area contributed by atoms with E-state index in [9.17, 15) is 4.79 Å². The van der Waals surface area contributed by atoms with Gasteiger partial charge in [0.2, 0.25) is 0 Å². The molecule has 13 heavy (non-hydrogen) atoms. The lowest BCUT2D eigenvalue weighted by molar-refractivity contribution is 0.152. The maximum absolute atomic E-state index is 11.3. The van der Waals surface area contributed by atoms with Crippen molar-refractivity contribution in [3.63, 3.8) is 0 Å². The molecule has 0 aliphatic heterocycles. The highest BCUT2D eigenvalue weighted by Crippen LogP contribution is 2.05. The predicted octanol–water partition coefficient (Wildman–Crippen LogP) is -0.0214. The van der Waals surface area contributed by atoms with Crippen LogP contribution in [0.2, 0.25) is 0 Å². The molecule has 1 aromatic rings. The van der Waals surface area contributed by atoms with Crippen molar-refractivity contribution in [1.82, 2.24) is 4.57 Å². The molecule has 4 nitrogen and oxygen atoms in total. The fraction of sp³-hybridized carbons (Fsp3) is 0.375. The van der Waals surface area contributed by atoms with Crippen LogP contribution in [0.5, 0.6) is 0 Å². The molecule has 1 rings (SSSR count). The van der Waals surface area contributed by atoms with Gasteiger partial charge in [-0.25, -0.2) is 0 Å². The van der Waals surface area contributed by atoms with Gasteiger partial charge in [0.1, 0.15) is 0 Å². The molecule has 0 aromatic carbocycles. The Labute approximate surface area is 89.0 Å². The smallest absolute Gasteiger partial charge is 0.250 e. The Morgan fingerprint density at radius 3 is 2.54 bits per heavy atom. The molecule has 0 saturated carbocycles. The molecule has 0 fully saturated rings. The van der Waals surface area contributed by atoms with Gasteiger partial charge < -0.3 is 14.8 Å². The van der Waals surface area contributed by atoms with Crippen molar-refractivity contribution in [1.29, 1.82) is 0 Å². The van der Waals surface area contributed by atoms with E-state index in [1.165, 1.54) is 10.6 Å². The molecule has 72 valence electrons. The van der Waals surface area contributed by atoms with E-state index in [4.69, 9.17) is 10.2 Å². The van der Waals surface area contributed by atoms with E-state index in [-0.39, 0.29) is 18.8 Å². The third-order valence-corrected chi connectivity index (χ3v) is 2.36. The summed E-state index contributed by atoms with van der Waals surface area (Å²) in [6.07, 6.45) is 1.61. The molecule has 2 N–H and O–H groups in total. The molecule has 1 heterocycles. The summed E-state index contributed by atoms with van der Waals surface area (Å²) in [5, 5.41) is 17.7. The van der Waals surface area contributed by atoms with E-state index < -0.39 is 6.04 Å². The summed E-state index contributed by atoms with van der Waals surface area (Å²) >= 11 is 2.07. The number of pyridine rings is 1. The van der Waals surface area contributed by atoms with Crippen LogP contribution in [0.4, 0.5) is 0 Å². The Bertz CT molecular complexity index is 332. The lowest BCUT2D eigenvalue weighted by Crippen LogP contribution is -2.28. The third kappa shape index (κ3) is 2.52. The summed E-state index contributed by atoms with van der Waals surface area (Å²) in [7, 11) is 0. The molecule has 0 aliphatic carbocycles. The van der Waals surface area contributed by atoms with Gasteiger partial charge in [-0.3, -0.25) is 4.79 Å². The second-order valence-corrected chi connectivity index (χ2v) is 3.86. The quantitative estimate of drug-likeness (QED) is 0.770. The van der Waals surface area contributed by atoms with E-state index in [0.717, 1.165) is 3.57 Å². The van der Waals surface area contributed by atoms with Gasteiger partial charge in [-0.05, 0) is 28.7 Å². The van der Waals surface area contributed by atoms with Gasteiger partial charge in [0.25, 0.3) is 5.56 Å². The number of aromatic nitrogens is 1. The van der Waals surface area contributed by atoms with E-state index in [2.05, 4.69) is 22.6 Å². The van der Waals surface area contributed by atoms with Crippen molar-refractivity contribution >= 4 is 22.6 Å². The number of aliphatic hydroxyl groups excluding tert-OH is 2. The summed E-state index contributed by atoms with van der Waals surface area (Å²) in [5.74, 6) is 0. The lowest BCUT2D eigenvalue weighted by Gasteiger charge is -2.14. The van der Waals surface area contributed by atoms with Crippen molar-refractivity contribution in [2.45, 2.75) is 6.04 Å². The number of hydrogen-bond acceptors (Lipinski definition) is 3. The molecule has 0 radical (unpaired) electrons. The maximum Gasteiger partial charge on any atom is 0.250 e. The molecule has 0 aliphatic rings. The highest BCUT2D eigenvalue weighted by molar-refractivity contribution is 14.1. The van der Waals surface area contributed by atoms with Crippen LogP contribution < -0.4 is 5.56 Å². The van der Waals surface area contributed by atoms with Crippen LogP contribution in [0.15, 0.2) is 23.1 Å². The van der Waals surface area contributed by atoms with Gasteiger partial charge in [-0.2, -0.15) is 0 Å². The van der Waals surface area contributed by atoms with Crippen molar-refractivity contribution in [3.05, 3.63) is 32.3 Å². The lowest BCUT2D eigenvalue weighted by atomic mass is 10.3. The minimum absolute atomic E-state index is 0.214. The minimum Gasteiger partial charge on any atom is -0.394 e. The van der Waals surface area contributed by atoms with E-state index in [1.54, 1.807) is 12.3 Å². The minimum atomic E-state index is -0.540. The largest absolute Gasteiger partial charge is 0.394 e. The van der Waals surface area contributed by atoms with E-state index in [0.29, 0.717) is 0 Å². The zero-order valence-corrected chi connectivity index (χ0v) is 9.01. The predicted molar refractivity (Wildman–Crippen MR) is 56.6 cm³/mol. The average molecular weight is 295 g/mol. The third-order valence-electron chi connectivity index (χ3n) is 1.72. The zero-order valence-electron chi connectivity index (χ0n) is 6.85. The molecule has 0 amide bonds. The number of nitrogens with zero attached hydrogens (tertiary/aromatic N) is 1. The molecule has 0 atom stereocenters. The highest BCUT2D eigenvalue weighted by Gasteiger charge is 2.09. The monoisotopic (exact) mass is 295 g/mol.